The highest BCUT2D eigenvalue weighted by molar-refractivity contribution is 7.80. The lowest BCUT2D eigenvalue weighted by molar-refractivity contribution is -0.118. The molecule has 0 radical (unpaired) electrons. The molecule has 0 aliphatic rings. The molecule has 0 aromatic heterocycles. The molecule has 202 valence electrons. The van der Waals surface area contributed by atoms with Gasteiger partial charge in [-0.2, -0.15) is 0 Å². The third-order valence-electron chi connectivity index (χ3n) is 7.39. The van der Waals surface area contributed by atoms with Crippen molar-refractivity contribution in [3.8, 4) is 16.9 Å². The van der Waals surface area contributed by atoms with Crippen molar-refractivity contribution in [2.75, 3.05) is 6.61 Å². The van der Waals surface area contributed by atoms with E-state index in [1.807, 2.05) is 0 Å². The van der Waals surface area contributed by atoms with Gasteiger partial charge in [-0.3, -0.25) is 4.79 Å². The minimum absolute atomic E-state index is 0.271. The summed E-state index contributed by atoms with van der Waals surface area (Å²) in [5.74, 6) is 0.587. The third-order valence-corrected chi connectivity index (χ3v) is 9.88. The van der Waals surface area contributed by atoms with Gasteiger partial charge in [0.15, 0.2) is 0 Å². The molecule has 0 bridgehead atoms. The Morgan fingerprint density at radius 1 is 0.585 bits per heavy atom. The van der Waals surface area contributed by atoms with E-state index in [4.69, 9.17) is 10.5 Å². The van der Waals surface area contributed by atoms with Gasteiger partial charge in [-0.25, -0.2) is 0 Å². The first-order valence-electron chi connectivity index (χ1n) is 14.1. The summed E-state index contributed by atoms with van der Waals surface area (Å²) < 4.78 is 6.53. The summed E-state index contributed by atoms with van der Waals surface area (Å²) in [4.78, 5) is 11.3. The SMILES string of the molecule is NC(=O)CCCCOc1ccc2ccccc2c1-c1c(P(c2ccccc2)c2ccccc2)ccc2ccccc12. The minimum Gasteiger partial charge on any atom is -0.493 e. The van der Waals surface area contributed by atoms with Gasteiger partial charge >= 0.3 is 0 Å². The summed E-state index contributed by atoms with van der Waals surface area (Å²) >= 11 is 0. The van der Waals surface area contributed by atoms with Gasteiger partial charge in [0.05, 0.1) is 6.61 Å². The van der Waals surface area contributed by atoms with Crippen LogP contribution < -0.4 is 26.4 Å². The van der Waals surface area contributed by atoms with Gasteiger partial charge in [-0.1, -0.05) is 127 Å². The second kappa shape index (κ2) is 12.4. The number of benzene rings is 6. The molecule has 0 atom stereocenters. The normalized spacial score (nSPS) is 11.2. The molecular weight excluding hydrogens is 521 g/mol. The molecule has 0 aliphatic carbocycles. The van der Waals surface area contributed by atoms with Crippen molar-refractivity contribution in [1.82, 2.24) is 0 Å². The van der Waals surface area contributed by atoms with Crippen LogP contribution in [0.3, 0.4) is 0 Å². The molecule has 0 unspecified atom stereocenters. The number of hydrogen-bond acceptors (Lipinski definition) is 2. The third kappa shape index (κ3) is 5.73. The Morgan fingerprint density at radius 2 is 1.12 bits per heavy atom. The molecule has 4 heteroatoms. The number of primary amides is 1. The molecule has 6 aromatic rings. The molecule has 0 fully saturated rings. The topological polar surface area (TPSA) is 52.3 Å². The van der Waals surface area contributed by atoms with Crippen LogP contribution in [0.5, 0.6) is 5.75 Å². The second-order valence-electron chi connectivity index (χ2n) is 10.1. The molecule has 6 aromatic carbocycles. The maximum absolute atomic E-state index is 11.3. The van der Waals surface area contributed by atoms with Gasteiger partial charge in [0.25, 0.3) is 0 Å². The van der Waals surface area contributed by atoms with Gasteiger partial charge in [0.2, 0.25) is 5.91 Å². The molecule has 41 heavy (non-hydrogen) atoms. The Balaban J connectivity index is 1.61. The summed E-state index contributed by atoms with van der Waals surface area (Å²) in [5, 5.41) is 8.65. The van der Waals surface area contributed by atoms with Crippen LogP contribution in [-0.4, -0.2) is 12.5 Å². The first-order valence-corrected chi connectivity index (χ1v) is 15.4. The predicted molar refractivity (Wildman–Crippen MR) is 174 cm³/mol. The van der Waals surface area contributed by atoms with E-state index < -0.39 is 7.92 Å². The van der Waals surface area contributed by atoms with E-state index in [1.54, 1.807) is 0 Å². The first-order chi connectivity index (χ1) is 20.2. The van der Waals surface area contributed by atoms with Crippen molar-refractivity contribution in [3.05, 3.63) is 133 Å². The van der Waals surface area contributed by atoms with E-state index in [-0.39, 0.29) is 5.91 Å². The van der Waals surface area contributed by atoms with Crippen molar-refractivity contribution in [1.29, 1.82) is 0 Å². The van der Waals surface area contributed by atoms with Crippen LogP contribution in [0.4, 0.5) is 0 Å². The standard InChI is InChI=1S/C37H32NO2P/c38-35(39)21-11-12-26-40-33-24-22-27-13-7-9-19-31(27)36(33)37-32-20-10-8-14-28(32)23-25-34(37)41(29-15-3-1-4-16-29)30-17-5-2-6-18-30/h1-10,13-20,22-25H,11-12,21,26H2,(H2,38,39). The maximum atomic E-state index is 11.3. The zero-order valence-corrected chi connectivity index (χ0v) is 23.8. The largest absolute Gasteiger partial charge is 0.493 e. The number of hydrogen-bond donors (Lipinski definition) is 1. The quantitative estimate of drug-likeness (QED) is 0.141. The number of fused-ring (bicyclic) bond motifs is 2. The van der Waals surface area contributed by atoms with Gasteiger partial charge in [-0.15, -0.1) is 0 Å². The summed E-state index contributed by atoms with van der Waals surface area (Å²) in [6.07, 6.45) is 1.85. The smallest absolute Gasteiger partial charge is 0.217 e. The van der Waals surface area contributed by atoms with Crippen LogP contribution in [0.25, 0.3) is 32.7 Å². The lowest BCUT2D eigenvalue weighted by atomic mass is 9.93. The Bertz CT molecular complexity index is 1760. The minimum atomic E-state index is -0.864. The van der Waals surface area contributed by atoms with Crippen LogP contribution in [-0.2, 0) is 4.79 Å². The Labute approximate surface area is 242 Å². The number of rotatable bonds is 10. The van der Waals surface area contributed by atoms with Gasteiger partial charge in [0, 0.05) is 17.5 Å². The van der Waals surface area contributed by atoms with Crippen LogP contribution in [0, 0.1) is 0 Å². The van der Waals surface area contributed by atoms with Crippen LogP contribution in [0.15, 0.2) is 133 Å². The van der Waals surface area contributed by atoms with Gasteiger partial charge in [0.1, 0.15) is 5.75 Å². The highest BCUT2D eigenvalue weighted by atomic mass is 31.1. The van der Waals surface area contributed by atoms with Crippen LogP contribution in [0.1, 0.15) is 19.3 Å². The summed E-state index contributed by atoms with van der Waals surface area (Å²) in [5.41, 5.74) is 7.69. The molecule has 0 aliphatic heterocycles. The molecule has 3 nitrogen and oxygen atoms in total. The van der Waals surface area contributed by atoms with Crippen LogP contribution in [0.2, 0.25) is 0 Å². The van der Waals surface area contributed by atoms with E-state index in [0.29, 0.717) is 19.4 Å². The monoisotopic (exact) mass is 553 g/mol. The highest BCUT2D eigenvalue weighted by Gasteiger charge is 2.25. The van der Waals surface area contributed by atoms with Crippen molar-refractivity contribution in [3.63, 3.8) is 0 Å². The van der Waals surface area contributed by atoms with E-state index in [9.17, 15) is 4.79 Å². The van der Waals surface area contributed by atoms with E-state index in [0.717, 1.165) is 23.1 Å². The number of carbonyl (C=O) groups excluding carboxylic acids is 1. The first kappa shape index (κ1) is 26.7. The van der Waals surface area contributed by atoms with E-state index >= 15 is 0 Å². The van der Waals surface area contributed by atoms with Crippen molar-refractivity contribution < 1.29 is 9.53 Å². The molecule has 2 N–H and O–H groups in total. The van der Waals surface area contributed by atoms with E-state index in [2.05, 4.69) is 133 Å². The molecule has 1 amide bonds. The average Bonchev–Trinajstić information content (AvgIpc) is 3.02. The second-order valence-corrected chi connectivity index (χ2v) is 12.3. The summed E-state index contributed by atoms with van der Waals surface area (Å²) in [6.45, 7) is 0.519. The number of unbranched alkanes of at least 4 members (excludes halogenated alkanes) is 1. The fourth-order valence-electron chi connectivity index (χ4n) is 5.50. The van der Waals surface area contributed by atoms with Crippen molar-refractivity contribution >= 4 is 51.3 Å². The van der Waals surface area contributed by atoms with Gasteiger partial charge in [-0.05, 0) is 64.3 Å². The number of ether oxygens (including phenoxy) is 1. The van der Waals surface area contributed by atoms with Crippen molar-refractivity contribution in [2.24, 2.45) is 5.73 Å². The molecular formula is C37H32NO2P. The number of amides is 1. The number of carbonyl (C=O) groups is 1. The molecule has 0 spiro atoms. The Hall–Kier alpha value is -4.46. The van der Waals surface area contributed by atoms with E-state index in [1.165, 1.54) is 37.6 Å². The zero-order valence-electron chi connectivity index (χ0n) is 22.9. The van der Waals surface area contributed by atoms with Gasteiger partial charge < -0.3 is 10.5 Å². The molecule has 0 saturated carbocycles. The van der Waals surface area contributed by atoms with Crippen LogP contribution >= 0.6 is 7.92 Å². The van der Waals surface area contributed by atoms with Crippen molar-refractivity contribution in [2.45, 2.75) is 19.3 Å². The number of nitrogens with two attached hydrogens (primary N) is 1. The summed E-state index contributed by atoms with van der Waals surface area (Å²) in [7, 11) is -0.864. The Morgan fingerprint density at radius 3 is 1.73 bits per heavy atom. The molecule has 6 rings (SSSR count). The fraction of sp³-hybridized carbons (Fsp3) is 0.108. The predicted octanol–water partition coefficient (Wildman–Crippen LogP) is 7.45. The highest BCUT2D eigenvalue weighted by Crippen LogP contribution is 2.45. The summed E-state index contributed by atoms with van der Waals surface area (Å²) in [6, 6.07) is 47.7. The molecule has 0 heterocycles. The maximum Gasteiger partial charge on any atom is 0.217 e. The Kier molecular flexibility index (Phi) is 8.07. The molecule has 0 saturated heterocycles. The zero-order chi connectivity index (χ0) is 28.0. The lowest BCUT2D eigenvalue weighted by Crippen LogP contribution is -2.22. The lowest BCUT2D eigenvalue weighted by Gasteiger charge is -2.25. The average molecular weight is 554 g/mol. The fourth-order valence-corrected chi connectivity index (χ4v) is 7.98.